The topological polar surface area (TPSA) is 131 Å². The Kier molecular flexibility index (Phi) is 6.34. The van der Waals surface area contributed by atoms with E-state index < -0.39 is 17.2 Å². The van der Waals surface area contributed by atoms with E-state index in [1.807, 2.05) is 42.5 Å². The van der Waals surface area contributed by atoms with Crippen molar-refractivity contribution >= 4 is 22.9 Å². The molecular formula is C28H31N5O5. The van der Waals surface area contributed by atoms with E-state index in [9.17, 15) is 9.59 Å². The first-order valence-electron chi connectivity index (χ1n) is 12.5. The second-order valence-corrected chi connectivity index (χ2v) is 10.5. The third-order valence-corrected chi connectivity index (χ3v) is 6.37. The number of nitrogens with zero attached hydrogens (tertiary/aromatic N) is 2. The maximum absolute atomic E-state index is 12.8. The van der Waals surface area contributed by atoms with Gasteiger partial charge in [-0.2, -0.15) is 4.98 Å². The first-order chi connectivity index (χ1) is 18.1. The molecule has 1 aliphatic carbocycles. The van der Waals surface area contributed by atoms with E-state index in [1.54, 1.807) is 34.8 Å². The van der Waals surface area contributed by atoms with E-state index in [1.165, 1.54) is 0 Å². The number of hydrogen-bond acceptors (Lipinski definition) is 7. The highest BCUT2D eigenvalue weighted by Gasteiger charge is 2.51. The summed E-state index contributed by atoms with van der Waals surface area (Å²) in [5.74, 6) is 1.46. The Labute approximate surface area is 220 Å². The number of benzene rings is 2. The highest BCUT2D eigenvalue weighted by molar-refractivity contribution is 6.03. The van der Waals surface area contributed by atoms with Crippen LogP contribution in [0.4, 0.5) is 4.79 Å². The van der Waals surface area contributed by atoms with E-state index in [0.29, 0.717) is 31.1 Å². The highest BCUT2D eigenvalue weighted by Crippen LogP contribution is 2.39. The molecule has 2 heterocycles. The molecule has 0 spiro atoms. The van der Waals surface area contributed by atoms with Gasteiger partial charge >= 0.3 is 6.09 Å². The molecule has 0 bridgehead atoms. The standard InChI is InChI=1S/C28H31N5O5/c1-16-30-24(38-33-16)23-22(20-14-19(36-5)10-11-21(20)31-23)18-8-6-17(7-9-18)15-29-25(34)28(12-13-28)32-26(35)37-27(2,3)4/h6-11,14,31H,12-13,15H2,1-5H3,(H,29,34)(H,32,35). The molecular weight excluding hydrogens is 486 g/mol. The number of rotatable bonds is 7. The van der Waals surface area contributed by atoms with Gasteiger partial charge in [0, 0.05) is 23.0 Å². The van der Waals surface area contributed by atoms with Gasteiger partial charge in [-0.05, 0) is 69.9 Å². The van der Waals surface area contributed by atoms with Gasteiger partial charge in [-0.1, -0.05) is 29.4 Å². The lowest BCUT2D eigenvalue weighted by atomic mass is 10.00. The Morgan fingerprint density at radius 3 is 2.47 bits per heavy atom. The number of aromatic nitrogens is 3. The summed E-state index contributed by atoms with van der Waals surface area (Å²) in [7, 11) is 1.63. The normalized spacial score (nSPS) is 14.2. The monoisotopic (exact) mass is 517 g/mol. The molecule has 198 valence electrons. The first-order valence-corrected chi connectivity index (χ1v) is 12.5. The predicted molar refractivity (Wildman–Crippen MR) is 141 cm³/mol. The summed E-state index contributed by atoms with van der Waals surface area (Å²) in [6.07, 6.45) is 0.579. The SMILES string of the molecule is COc1ccc2[nH]c(-c3nc(C)no3)c(-c3ccc(CNC(=O)C4(NC(=O)OC(C)(C)C)CC4)cc3)c2c1. The minimum atomic E-state index is -0.900. The smallest absolute Gasteiger partial charge is 0.408 e. The van der Waals surface area contributed by atoms with Crippen molar-refractivity contribution in [2.75, 3.05) is 7.11 Å². The molecule has 1 fully saturated rings. The van der Waals surface area contributed by atoms with Gasteiger partial charge in [0.05, 0.1) is 7.11 Å². The Balaban J connectivity index is 1.34. The maximum atomic E-state index is 12.8. The van der Waals surface area contributed by atoms with Gasteiger partial charge in [-0.25, -0.2) is 4.79 Å². The van der Waals surface area contributed by atoms with Crippen molar-refractivity contribution in [2.24, 2.45) is 0 Å². The highest BCUT2D eigenvalue weighted by atomic mass is 16.6. The van der Waals surface area contributed by atoms with Crippen LogP contribution in [0.2, 0.25) is 0 Å². The lowest BCUT2D eigenvalue weighted by Gasteiger charge is -2.23. The Morgan fingerprint density at radius 1 is 1.13 bits per heavy atom. The average molecular weight is 518 g/mol. The zero-order chi connectivity index (χ0) is 27.1. The van der Waals surface area contributed by atoms with Gasteiger partial charge in [0.2, 0.25) is 5.91 Å². The largest absolute Gasteiger partial charge is 0.497 e. The second-order valence-electron chi connectivity index (χ2n) is 10.5. The van der Waals surface area contributed by atoms with Crippen molar-refractivity contribution in [1.29, 1.82) is 0 Å². The summed E-state index contributed by atoms with van der Waals surface area (Å²) in [4.78, 5) is 32.8. The molecule has 0 unspecified atom stereocenters. The number of amides is 2. The molecule has 38 heavy (non-hydrogen) atoms. The number of hydrogen-bond donors (Lipinski definition) is 3. The fourth-order valence-corrected chi connectivity index (χ4v) is 4.33. The first kappa shape index (κ1) is 25.3. The third-order valence-electron chi connectivity index (χ3n) is 6.37. The van der Waals surface area contributed by atoms with Gasteiger partial charge in [-0.15, -0.1) is 0 Å². The van der Waals surface area contributed by atoms with Crippen LogP contribution in [-0.2, 0) is 16.1 Å². The number of nitrogens with one attached hydrogen (secondary N) is 3. The molecule has 1 aliphatic rings. The zero-order valence-electron chi connectivity index (χ0n) is 22.1. The van der Waals surface area contributed by atoms with Gasteiger partial charge in [0.25, 0.3) is 5.89 Å². The van der Waals surface area contributed by atoms with Crippen molar-refractivity contribution in [2.45, 2.75) is 58.2 Å². The van der Waals surface area contributed by atoms with Crippen LogP contribution in [0.15, 0.2) is 47.0 Å². The van der Waals surface area contributed by atoms with Gasteiger partial charge < -0.3 is 29.6 Å². The van der Waals surface area contributed by atoms with Crippen LogP contribution in [0.25, 0.3) is 33.6 Å². The van der Waals surface area contributed by atoms with Crippen molar-refractivity contribution in [3.8, 4) is 28.5 Å². The Hall–Kier alpha value is -4.34. The number of fused-ring (bicyclic) bond motifs is 1. The molecule has 1 saturated carbocycles. The number of carbonyl (C=O) groups is 2. The maximum Gasteiger partial charge on any atom is 0.408 e. The molecule has 5 rings (SSSR count). The number of carbonyl (C=O) groups excluding carboxylic acids is 2. The van der Waals surface area contributed by atoms with Crippen molar-refractivity contribution in [1.82, 2.24) is 25.8 Å². The quantitative estimate of drug-likeness (QED) is 0.318. The van der Waals surface area contributed by atoms with Crippen LogP contribution in [0.3, 0.4) is 0 Å². The van der Waals surface area contributed by atoms with Crippen LogP contribution in [0.5, 0.6) is 5.75 Å². The molecule has 0 saturated heterocycles. The predicted octanol–water partition coefficient (Wildman–Crippen LogP) is 4.88. The molecule has 4 aromatic rings. The van der Waals surface area contributed by atoms with Gasteiger partial charge in [0.1, 0.15) is 22.6 Å². The number of methoxy groups -OCH3 is 1. The molecule has 2 amide bonds. The third kappa shape index (κ3) is 5.20. The summed E-state index contributed by atoms with van der Waals surface area (Å²) < 4.78 is 16.2. The number of alkyl carbamates (subject to hydrolysis) is 1. The van der Waals surface area contributed by atoms with E-state index in [4.69, 9.17) is 14.0 Å². The summed E-state index contributed by atoms with van der Waals surface area (Å²) in [6, 6.07) is 13.7. The minimum absolute atomic E-state index is 0.217. The summed E-state index contributed by atoms with van der Waals surface area (Å²) >= 11 is 0. The molecule has 3 N–H and O–H groups in total. The molecule has 0 radical (unpaired) electrons. The number of aromatic amines is 1. The number of H-pyrrole nitrogens is 1. The van der Waals surface area contributed by atoms with Crippen LogP contribution < -0.4 is 15.4 Å². The van der Waals surface area contributed by atoms with Crippen molar-refractivity contribution in [3.63, 3.8) is 0 Å². The second kappa shape index (κ2) is 9.51. The van der Waals surface area contributed by atoms with Crippen molar-refractivity contribution < 1.29 is 23.6 Å². The minimum Gasteiger partial charge on any atom is -0.497 e. The Bertz CT molecular complexity index is 1490. The molecule has 0 atom stereocenters. The lowest BCUT2D eigenvalue weighted by Crippen LogP contribution is -2.50. The fraction of sp³-hybridized carbons (Fsp3) is 0.357. The van der Waals surface area contributed by atoms with Crippen LogP contribution in [0, 0.1) is 6.92 Å². The number of ether oxygens (including phenoxy) is 2. The van der Waals surface area contributed by atoms with E-state index in [0.717, 1.165) is 39.0 Å². The summed E-state index contributed by atoms with van der Waals surface area (Å²) in [6.45, 7) is 7.46. The van der Waals surface area contributed by atoms with Gasteiger partial charge in [0.15, 0.2) is 5.82 Å². The Morgan fingerprint density at radius 2 is 1.87 bits per heavy atom. The van der Waals surface area contributed by atoms with Crippen LogP contribution >= 0.6 is 0 Å². The van der Waals surface area contributed by atoms with E-state index >= 15 is 0 Å². The van der Waals surface area contributed by atoms with E-state index in [2.05, 4.69) is 25.8 Å². The van der Waals surface area contributed by atoms with Crippen LogP contribution in [0.1, 0.15) is 45.0 Å². The molecule has 0 aliphatic heterocycles. The molecule has 2 aromatic heterocycles. The van der Waals surface area contributed by atoms with Gasteiger partial charge in [-0.3, -0.25) is 4.79 Å². The number of aryl methyl sites for hydroxylation is 1. The van der Waals surface area contributed by atoms with Crippen molar-refractivity contribution in [3.05, 3.63) is 53.9 Å². The zero-order valence-corrected chi connectivity index (χ0v) is 22.1. The molecule has 10 heteroatoms. The fourth-order valence-electron chi connectivity index (χ4n) is 4.33. The average Bonchev–Trinajstić information content (AvgIpc) is 3.35. The lowest BCUT2D eigenvalue weighted by molar-refractivity contribution is -0.124. The van der Waals surface area contributed by atoms with E-state index in [-0.39, 0.29) is 5.91 Å². The molecule has 10 nitrogen and oxygen atoms in total. The summed E-state index contributed by atoms with van der Waals surface area (Å²) in [5.41, 5.74) is 2.88. The molecule has 2 aromatic carbocycles. The van der Waals surface area contributed by atoms with Crippen LogP contribution in [-0.4, -0.2) is 45.4 Å². The summed E-state index contributed by atoms with van der Waals surface area (Å²) in [5, 5.41) is 10.6.